The van der Waals surface area contributed by atoms with Crippen LogP contribution in [0.5, 0.6) is 11.5 Å². The third-order valence-electron chi connectivity index (χ3n) is 11.8. The minimum absolute atomic E-state index is 0.00558. The number of unbranched alkanes of at least 4 members (excludes halogenated alkanes) is 2. The number of carbonyl (C=O) groups is 8. The van der Waals surface area contributed by atoms with E-state index in [-0.39, 0.29) is 81.5 Å². The van der Waals surface area contributed by atoms with E-state index in [2.05, 4.69) is 26.6 Å². The van der Waals surface area contributed by atoms with E-state index in [1.165, 1.54) is 37.5 Å². The van der Waals surface area contributed by atoms with Gasteiger partial charge in [0.25, 0.3) is 17.4 Å². The molecular formula is C44H50N8O14. The maximum Gasteiger partial charge on any atom is 0.343 e. The van der Waals surface area contributed by atoms with Crippen LogP contribution >= 0.6 is 0 Å². The number of esters is 1. The lowest BCUT2D eigenvalue weighted by molar-refractivity contribution is -0.172. The van der Waals surface area contributed by atoms with Gasteiger partial charge in [-0.3, -0.25) is 43.3 Å². The quantitative estimate of drug-likeness (QED) is 0.0300. The van der Waals surface area contributed by atoms with Gasteiger partial charge in [0.2, 0.25) is 36.3 Å². The average molecular weight is 915 g/mol. The third-order valence-corrected chi connectivity index (χ3v) is 11.8. The van der Waals surface area contributed by atoms with Gasteiger partial charge >= 0.3 is 5.97 Å². The molecular weight excluding hydrogens is 865 g/mol. The maximum absolute atomic E-state index is 13.8. The predicted molar refractivity (Wildman–Crippen MR) is 229 cm³/mol. The van der Waals surface area contributed by atoms with E-state index in [4.69, 9.17) is 23.9 Å². The monoisotopic (exact) mass is 914 g/mol. The van der Waals surface area contributed by atoms with Gasteiger partial charge in [0.15, 0.2) is 17.1 Å². The van der Waals surface area contributed by atoms with Gasteiger partial charge in [0, 0.05) is 54.2 Å². The fraction of sp³-hybridized carbons (Fsp3) is 0.455. The topological polar surface area (TPSA) is 292 Å². The Morgan fingerprint density at radius 2 is 1.48 bits per heavy atom. The minimum Gasteiger partial charge on any atom is -0.458 e. The molecule has 7 rings (SSSR count). The van der Waals surface area contributed by atoms with E-state index in [1.807, 2.05) is 0 Å². The van der Waals surface area contributed by atoms with E-state index in [0.29, 0.717) is 64.2 Å². The van der Waals surface area contributed by atoms with Gasteiger partial charge in [0.05, 0.1) is 29.0 Å². The smallest absolute Gasteiger partial charge is 0.343 e. The number of hydrogen-bond acceptors (Lipinski definition) is 15. The van der Waals surface area contributed by atoms with Crippen LogP contribution in [0, 0.1) is 0 Å². The second-order valence-electron chi connectivity index (χ2n) is 16.3. The van der Waals surface area contributed by atoms with Crippen LogP contribution in [0.4, 0.5) is 0 Å². The van der Waals surface area contributed by atoms with Crippen LogP contribution in [0.25, 0.3) is 22.3 Å². The molecule has 66 heavy (non-hydrogen) atoms. The zero-order chi connectivity index (χ0) is 47.4. The zero-order valence-corrected chi connectivity index (χ0v) is 36.7. The van der Waals surface area contributed by atoms with Crippen LogP contribution in [0.1, 0.15) is 82.1 Å². The summed E-state index contributed by atoms with van der Waals surface area (Å²) in [5.74, 6) is -3.51. The molecule has 1 aromatic carbocycles. The lowest BCUT2D eigenvalue weighted by atomic mass is 9.86. The highest BCUT2D eigenvalue weighted by Crippen LogP contribution is 2.43. The maximum atomic E-state index is 13.8. The van der Waals surface area contributed by atoms with Crippen molar-refractivity contribution in [3.63, 3.8) is 0 Å². The number of rotatable bonds is 19. The number of ether oxygens (including phenoxy) is 4. The predicted octanol–water partition coefficient (Wildman–Crippen LogP) is -0.486. The highest BCUT2D eigenvalue weighted by molar-refractivity contribution is 6.12. The van der Waals surface area contributed by atoms with Crippen LogP contribution in [0.2, 0.25) is 0 Å². The molecule has 4 aliphatic rings. The summed E-state index contributed by atoms with van der Waals surface area (Å²) >= 11 is 0. The summed E-state index contributed by atoms with van der Waals surface area (Å²) in [6, 6.07) is 1.93. The number of pyridine rings is 2. The van der Waals surface area contributed by atoms with Crippen molar-refractivity contribution < 1.29 is 62.4 Å². The SMILES string of the molecule is CC[C@@]1(O)C(=O)OCc2c1cc1n(c2=O)Cc2c-1nc1cc3c(cc1c2CNC(=O)COCNC(=O)[C@H](C)NC(=O)[C@H](C)NC(=O)[C@H](C)NC(=O)CCCCCN1C(=O)C=CC1=O)OCO3. The number of nitrogens with one attached hydrogen (secondary N) is 5. The number of benzene rings is 1. The summed E-state index contributed by atoms with van der Waals surface area (Å²) in [6.07, 6.45) is 4.10. The summed E-state index contributed by atoms with van der Waals surface area (Å²) in [7, 11) is 0. The van der Waals surface area contributed by atoms with Gasteiger partial charge in [-0.25, -0.2) is 9.78 Å². The molecule has 22 nitrogen and oxygen atoms in total. The van der Waals surface area contributed by atoms with E-state index >= 15 is 0 Å². The molecule has 0 radical (unpaired) electrons. The molecule has 0 spiro atoms. The standard InChI is InChI=1S/C44H50N8O14/c1-5-44(62)29-14-31-38-27(17-52(31)42(60)28(29)18-64-43(44)61)26(25-13-32-33(66-21-65-32)15-30(25)50-38)16-45-35(54)19-63-20-46-39(57)22(2)48-41(59)24(4)49-40(58)23(3)47-34(53)9-7-6-8-12-51-36(55)10-11-37(51)56/h10-11,13-15,22-24,62H,5-9,12,16-21H2,1-4H3,(H,45,54)(H,46,57)(H,47,53)(H,48,59)(H,49,58)/t22-,23-,24-,44-/m0/s1. The van der Waals surface area contributed by atoms with Crippen molar-refractivity contribution in [1.82, 2.24) is 41.0 Å². The van der Waals surface area contributed by atoms with Gasteiger partial charge in [-0.15, -0.1) is 0 Å². The van der Waals surface area contributed by atoms with E-state index < -0.39 is 65.5 Å². The number of amides is 7. The van der Waals surface area contributed by atoms with Crippen molar-refractivity contribution in [1.29, 1.82) is 0 Å². The van der Waals surface area contributed by atoms with Crippen molar-refractivity contribution in [2.24, 2.45) is 0 Å². The van der Waals surface area contributed by atoms with Gasteiger partial charge in [-0.2, -0.15) is 0 Å². The molecule has 4 atom stereocenters. The number of nitrogens with zero attached hydrogens (tertiary/aromatic N) is 3. The summed E-state index contributed by atoms with van der Waals surface area (Å²) in [5, 5.41) is 24.8. The van der Waals surface area contributed by atoms with Gasteiger partial charge in [-0.1, -0.05) is 13.3 Å². The van der Waals surface area contributed by atoms with Crippen LogP contribution < -0.4 is 41.6 Å². The van der Waals surface area contributed by atoms with Crippen LogP contribution in [0.15, 0.2) is 35.1 Å². The Bertz CT molecular complexity index is 2610. The minimum atomic E-state index is -2.01. The molecule has 350 valence electrons. The van der Waals surface area contributed by atoms with Crippen LogP contribution in [0.3, 0.4) is 0 Å². The molecule has 0 fully saturated rings. The average Bonchev–Trinajstić information content (AvgIpc) is 4.00. The molecule has 0 saturated carbocycles. The second kappa shape index (κ2) is 19.5. The summed E-state index contributed by atoms with van der Waals surface area (Å²) in [4.78, 5) is 119. The number of cyclic esters (lactones) is 1. The lowest BCUT2D eigenvalue weighted by Crippen LogP contribution is -2.54. The molecule has 0 unspecified atom stereocenters. The van der Waals surface area contributed by atoms with Crippen molar-refractivity contribution >= 4 is 58.2 Å². The highest BCUT2D eigenvalue weighted by atomic mass is 16.7. The second-order valence-corrected chi connectivity index (χ2v) is 16.3. The Morgan fingerprint density at radius 3 is 2.18 bits per heavy atom. The molecule has 6 N–H and O–H groups in total. The highest BCUT2D eigenvalue weighted by Gasteiger charge is 2.45. The van der Waals surface area contributed by atoms with Crippen molar-refractivity contribution in [3.05, 3.63) is 63.0 Å². The van der Waals surface area contributed by atoms with Crippen LogP contribution in [-0.2, 0) is 73.1 Å². The van der Waals surface area contributed by atoms with Crippen molar-refractivity contribution in [2.45, 2.75) is 103 Å². The summed E-state index contributed by atoms with van der Waals surface area (Å²) < 4.78 is 23.3. The van der Waals surface area contributed by atoms with Gasteiger partial charge in [-0.05, 0) is 57.7 Å². The van der Waals surface area contributed by atoms with E-state index in [1.54, 1.807) is 25.1 Å². The number of fused-ring (bicyclic) bond motifs is 6. The molecule has 7 amide bonds. The first-order chi connectivity index (χ1) is 31.5. The Hall–Kier alpha value is -7.20. The summed E-state index contributed by atoms with van der Waals surface area (Å²) in [5.41, 5.74) is 0.406. The third kappa shape index (κ3) is 9.59. The number of aliphatic hydroxyl groups is 1. The fourth-order valence-electron chi connectivity index (χ4n) is 7.98. The van der Waals surface area contributed by atoms with Crippen molar-refractivity contribution in [3.8, 4) is 22.9 Å². The number of carbonyl (C=O) groups excluding carboxylic acids is 8. The summed E-state index contributed by atoms with van der Waals surface area (Å²) in [6.45, 7) is 5.06. The molecule has 0 aliphatic carbocycles. The van der Waals surface area contributed by atoms with Gasteiger partial charge in [0.1, 0.15) is 38.1 Å². The zero-order valence-electron chi connectivity index (χ0n) is 36.7. The molecule has 3 aromatic rings. The largest absolute Gasteiger partial charge is 0.458 e. The Balaban J connectivity index is 0.866. The Labute approximate surface area is 376 Å². The molecule has 0 saturated heterocycles. The normalized spacial score (nSPS) is 17.9. The van der Waals surface area contributed by atoms with Crippen molar-refractivity contribution in [2.75, 3.05) is 26.7 Å². The number of imide groups is 1. The van der Waals surface area contributed by atoms with E-state index in [0.717, 1.165) is 4.90 Å². The fourth-order valence-corrected chi connectivity index (χ4v) is 7.98. The molecule has 4 aliphatic heterocycles. The lowest BCUT2D eigenvalue weighted by Gasteiger charge is -2.31. The Morgan fingerprint density at radius 1 is 0.818 bits per heavy atom. The first-order valence-electron chi connectivity index (χ1n) is 21.5. The van der Waals surface area contributed by atoms with E-state index in [9.17, 15) is 48.3 Å². The van der Waals surface area contributed by atoms with Gasteiger partial charge < -0.3 is 55.2 Å². The first kappa shape index (κ1) is 46.8. The Kier molecular flexibility index (Phi) is 13.8. The molecule has 6 heterocycles. The van der Waals surface area contributed by atoms with Crippen LogP contribution in [-0.4, -0.2) is 112 Å². The molecule has 22 heteroatoms. The molecule has 0 bridgehead atoms. The first-order valence-corrected chi connectivity index (χ1v) is 21.5. The number of hydrogen-bond donors (Lipinski definition) is 6. The number of aromatic nitrogens is 2. The molecule has 2 aromatic heterocycles.